The first-order valence-electron chi connectivity index (χ1n) is 6.92. The number of alkyl halides is 6. The fraction of sp³-hybridized carbons (Fsp3) is 0.750. The number of halogens is 6. The molecule has 24 heavy (non-hydrogen) atoms. The first-order chi connectivity index (χ1) is 11.0. The van der Waals surface area contributed by atoms with Gasteiger partial charge in [0.25, 0.3) is 0 Å². The van der Waals surface area contributed by atoms with E-state index in [9.17, 15) is 26.3 Å². The summed E-state index contributed by atoms with van der Waals surface area (Å²) in [4.78, 5) is 12.8. The number of nitrogens with zero attached hydrogens (tertiary/aromatic N) is 2. The Balaban J connectivity index is 0.000000256. The normalized spacial score (nSPS) is 22.7. The first kappa shape index (κ1) is 18.5. The van der Waals surface area contributed by atoms with E-state index in [1.807, 2.05) is 0 Å². The van der Waals surface area contributed by atoms with Crippen LogP contribution in [0.5, 0.6) is 0 Å². The summed E-state index contributed by atoms with van der Waals surface area (Å²) in [7, 11) is 0. The van der Waals surface area contributed by atoms with Crippen molar-refractivity contribution in [3.63, 3.8) is 0 Å². The van der Waals surface area contributed by atoms with Gasteiger partial charge in [-0.05, 0) is 32.2 Å². The van der Waals surface area contributed by atoms with Gasteiger partial charge in [0.05, 0.1) is 6.04 Å². The minimum atomic E-state index is -5.08. The van der Waals surface area contributed by atoms with Crippen molar-refractivity contribution in [1.82, 2.24) is 15.5 Å². The quantitative estimate of drug-likeness (QED) is 0.788. The van der Waals surface area contributed by atoms with Crippen LogP contribution in [0.2, 0.25) is 0 Å². The second kappa shape index (κ2) is 6.22. The highest BCUT2D eigenvalue weighted by atomic mass is 19.4. The van der Waals surface area contributed by atoms with Crippen molar-refractivity contribution in [1.29, 1.82) is 0 Å². The Morgan fingerprint density at radius 3 is 2.21 bits per heavy atom. The van der Waals surface area contributed by atoms with Crippen molar-refractivity contribution in [3.8, 4) is 0 Å². The number of rotatable bonds is 2. The van der Waals surface area contributed by atoms with Crippen molar-refractivity contribution >= 4 is 5.97 Å². The third-order valence-corrected chi connectivity index (χ3v) is 3.76. The topological polar surface area (TPSA) is 88.3 Å². The minimum absolute atomic E-state index is 0.0518. The molecule has 1 atom stereocenters. The Labute approximate surface area is 131 Å². The lowest BCUT2D eigenvalue weighted by molar-refractivity contribution is -0.192. The molecule has 2 aliphatic rings. The van der Waals surface area contributed by atoms with Gasteiger partial charge >= 0.3 is 18.3 Å². The lowest BCUT2D eigenvalue weighted by Crippen LogP contribution is -2.29. The molecule has 2 N–H and O–H groups in total. The van der Waals surface area contributed by atoms with Crippen molar-refractivity contribution in [2.24, 2.45) is 0 Å². The predicted molar refractivity (Wildman–Crippen MR) is 64.9 cm³/mol. The van der Waals surface area contributed by atoms with E-state index in [0.717, 1.165) is 19.4 Å². The molecule has 12 heteroatoms. The van der Waals surface area contributed by atoms with Gasteiger partial charge in [-0.25, -0.2) is 4.79 Å². The van der Waals surface area contributed by atoms with Gasteiger partial charge in [-0.3, -0.25) is 0 Å². The molecular formula is C12H13F6N3O3. The maximum absolute atomic E-state index is 12.8. The predicted octanol–water partition coefficient (Wildman–Crippen LogP) is 2.72. The van der Waals surface area contributed by atoms with Crippen LogP contribution in [-0.4, -0.2) is 40.1 Å². The van der Waals surface area contributed by atoms with Crippen LogP contribution in [0.1, 0.15) is 43.4 Å². The van der Waals surface area contributed by atoms with Gasteiger partial charge in [-0.1, -0.05) is 5.16 Å². The number of nitrogens with one attached hydrogen (secondary N) is 1. The molecule has 0 amide bonds. The number of hydrogen-bond donors (Lipinski definition) is 2. The Kier molecular flexibility index (Phi) is 4.79. The van der Waals surface area contributed by atoms with E-state index >= 15 is 0 Å². The molecule has 2 fully saturated rings. The standard InChI is InChI=1S/C10H12F3N3O.C2HF3O2/c11-10(12,13)9(3-4-9)8-15-7(16-17-8)6-2-1-5-14-6;3-2(4,5)1(6)7/h6,14H,1-5H2;(H,6,7)/t6-;/m0./s1. The molecule has 0 unspecified atom stereocenters. The van der Waals surface area contributed by atoms with Crippen LogP contribution in [0.4, 0.5) is 26.3 Å². The molecule has 1 aliphatic heterocycles. The Morgan fingerprint density at radius 1 is 1.25 bits per heavy atom. The summed E-state index contributed by atoms with van der Waals surface area (Å²) >= 11 is 0. The van der Waals surface area contributed by atoms with Crippen LogP contribution in [0.3, 0.4) is 0 Å². The van der Waals surface area contributed by atoms with Crippen molar-refractivity contribution in [2.45, 2.75) is 49.5 Å². The summed E-state index contributed by atoms with van der Waals surface area (Å²) < 4.78 is 75.0. The molecule has 2 heterocycles. The van der Waals surface area contributed by atoms with Crippen LogP contribution >= 0.6 is 0 Å². The number of carbonyl (C=O) groups is 1. The van der Waals surface area contributed by atoms with E-state index in [-0.39, 0.29) is 24.8 Å². The molecule has 0 aromatic carbocycles. The minimum Gasteiger partial charge on any atom is -0.475 e. The number of carboxylic acid groups (broad SMARTS) is 1. The van der Waals surface area contributed by atoms with E-state index in [4.69, 9.17) is 14.4 Å². The molecule has 6 nitrogen and oxygen atoms in total. The third kappa shape index (κ3) is 3.79. The first-order valence-corrected chi connectivity index (χ1v) is 6.92. The average molecular weight is 361 g/mol. The molecule has 1 aromatic heterocycles. The molecule has 1 saturated heterocycles. The monoisotopic (exact) mass is 361 g/mol. The van der Waals surface area contributed by atoms with Gasteiger partial charge < -0.3 is 14.9 Å². The van der Waals surface area contributed by atoms with Crippen LogP contribution in [0.15, 0.2) is 4.52 Å². The fourth-order valence-corrected chi connectivity index (χ4v) is 2.22. The summed E-state index contributed by atoms with van der Waals surface area (Å²) in [6, 6.07) is -0.0588. The fourth-order valence-electron chi connectivity index (χ4n) is 2.22. The van der Waals surface area contributed by atoms with E-state index in [1.54, 1.807) is 0 Å². The molecule has 136 valence electrons. The maximum atomic E-state index is 12.8. The second-order valence-electron chi connectivity index (χ2n) is 5.49. The van der Waals surface area contributed by atoms with E-state index in [2.05, 4.69) is 15.5 Å². The smallest absolute Gasteiger partial charge is 0.475 e. The zero-order valence-electron chi connectivity index (χ0n) is 12.0. The lowest BCUT2D eigenvalue weighted by Gasteiger charge is -2.14. The summed E-state index contributed by atoms with van der Waals surface area (Å²) in [6.45, 7) is 0.846. The molecular weight excluding hydrogens is 348 g/mol. The van der Waals surface area contributed by atoms with Gasteiger partial charge in [0.15, 0.2) is 5.82 Å². The number of hydrogen-bond acceptors (Lipinski definition) is 5. The van der Waals surface area contributed by atoms with E-state index in [0.29, 0.717) is 5.82 Å². The molecule has 1 aliphatic carbocycles. The second-order valence-corrected chi connectivity index (χ2v) is 5.49. The van der Waals surface area contributed by atoms with Gasteiger partial charge in [0.1, 0.15) is 5.41 Å². The summed E-state index contributed by atoms with van der Waals surface area (Å²) in [6.07, 6.45) is -7.44. The molecule has 1 aromatic rings. The van der Waals surface area contributed by atoms with E-state index < -0.39 is 23.7 Å². The number of aliphatic carboxylic acids is 1. The average Bonchev–Trinajstić information content (AvgIpc) is 2.89. The summed E-state index contributed by atoms with van der Waals surface area (Å²) in [5.41, 5.74) is -1.86. The zero-order chi connectivity index (χ0) is 18.2. The third-order valence-electron chi connectivity index (χ3n) is 3.76. The van der Waals surface area contributed by atoms with Gasteiger partial charge in [-0.2, -0.15) is 31.3 Å². The van der Waals surface area contributed by atoms with Crippen LogP contribution < -0.4 is 5.32 Å². The maximum Gasteiger partial charge on any atom is 0.490 e. The summed E-state index contributed by atoms with van der Waals surface area (Å²) in [5, 5.41) is 13.9. The molecule has 3 rings (SSSR count). The van der Waals surface area contributed by atoms with Crippen LogP contribution in [-0.2, 0) is 10.2 Å². The van der Waals surface area contributed by atoms with Crippen LogP contribution in [0.25, 0.3) is 0 Å². The SMILES string of the molecule is FC(F)(F)C1(c2nc([C@@H]3CCCN3)no2)CC1.O=C(O)C(F)(F)F. The largest absolute Gasteiger partial charge is 0.490 e. The van der Waals surface area contributed by atoms with Crippen molar-refractivity contribution < 1.29 is 40.8 Å². The molecule has 0 radical (unpaired) electrons. The molecule has 1 saturated carbocycles. The highest BCUT2D eigenvalue weighted by molar-refractivity contribution is 5.73. The van der Waals surface area contributed by atoms with E-state index in [1.165, 1.54) is 0 Å². The zero-order valence-corrected chi connectivity index (χ0v) is 12.0. The number of carboxylic acids is 1. The van der Waals surface area contributed by atoms with Gasteiger partial charge in [0, 0.05) is 0 Å². The number of aromatic nitrogens is 2. The highest BCUT2D eigenvalue weighted by Crippen LogP contribution is 2.58. The van der Waals surface area contributed by atoms with Gasteiger partial charge in [-0.15, -0.1) is 0 Å². The van der Waals surface area contributed by atoms with Crippen LogP contribution in [0, 0.1) is 0 Å². The van der Waals surface area contributed by atoms with Crippen molar-refractivity contribution in [2.75, 3.05) is 6.54 Å². The van der Waals surface area contributed by atoms with Gasteiger partial charge in [0.2, 0.25) is 5.89 Å². The Bertz CT molecular complexity index is 588. The molecule has 0 spiro atoms. The van der Waals surface area contributed by atoms with Crippen molar-refractivity contribution in [3.05, 3.63) is 11.7 Å². The Morgan fingerprint density at radius 2 is 1.83 bits per heavy atom. The summed E-state index contributed by atoms with van der Waals surface area (Å²) in [5.74, 6) is -2.67. The highest BCUT2D eigenvalue weighted by Gasteiger charge is 2.68. The molecule has 0 bridgehead atoms. The Hall–Kier alpha value is -1.85. The lowest BCUT2D eigenvalue weighted by atomic mass is 10.1.